The van der Waals surface area contributed by atoms with Gasteiger partial charge in [-0.3, -0.25) is 4.79 Å². The Bertz CT molecular complexity index is 1060. The van der Waals surface area contributed by atoms with Gasteiger partial charge in [0.15, 0.2) is 0 Å². The number of amides is 1. The highest BCUT2D eigenvalue weighted by Gasteiger charge is 2.32. The van der Waals surface area contributed by atoms with Crippen LogP contribution in [0.4, 0.5) is 11.4 Å². The van der Waals surface area contributed by atoms with Gasteiger partial charge in [-0.15, -0.1) is 0 Å². The van der Waals surface area contributed by atoms with Crippen LogP contribution in [0.5, 0.6) is 0 Å². The van der Waals surface area contributed by atoms with E-state index in [0.717, 1.165) is 37.4 Å². The van der Waals surface area contributed by atoms with Gasteiger partial charge in [0, 0.05) is 18.8 Å². The van der Waals surface area contributed by atoms with Crippen molar-refractivity contribution in [3.8, 4) is 0 Å². The number of benzene rings is 3. The first-order valence-corrected chi connectivity index (χ1v) is 11.5. The Kier molecular flexibility index (Phi) is 5.82. The fourth-order valence-corrected chi connectivity index (χ4v) is 5.02. The van der Waals surface area contributed by atoms with Crippen LogP contribution in [0.25, 0.3) is 0 Å². The first-order chi connectivity index (χ1) is 15.7. The molecule has 2 aliphatic heterocycles. The van der Waals surface area contributed by atoms with Gasteiger partial charge >= 0.3 is 0 Å². The summed E-state index contributed by atoms with van der Waals surface area (Å²) in [4.78, 5) is 17.7. The quantitative estimate of drug-likeness (QED) is 0.594. The molecule has 1 atom stereocenters. The Hall–Kier alpha value is -3.31. The summed E-state index contributed by atoms with van der Waals surface area (Å²) in [7, 11) is 0. The zero-order valence-electron chi connectivity index (χ0n) is 18.3. The molecule has 32 heavy (non-hydrogen) atoms. The van der Waals surface area contributed by atoms with E-state index in [9.17, 15) is 4.79 Å². The number of anilines is 2. The summed E-state index contributed by atoms with van der Waals surface area (Å²) >= 11 is 0. The number of rotatable bonds is 5. The number of hydrogen-bond donors (Lipinski definition) is 2. The van der Waals surface area contributed by atoms with Gasteiger partial charge in [-0.05, 0) is 61.2 Å². The van der Waals surface area contributed by atoms with Crippen LogP contribution in [0.2, 0.25) is 0 Å². The molecule has 1 unspecified atom stereocenters. The Morgan fingerprint density at radius 2 is 1.50 bits per heavy atom. The lowest BCUT2D eigenvalue weighted by Crippen LogP contribution is -2.49. The molecule has 5 heteroatoms. The van der Waals surface area contributed by atoms with Crippen LogP contribution < -0.4 is 16.0 Å². The fraction of sp³-hybridized carbons (Fsp3) is 0.296. The Labute approximate surface area is 189 Å². The SMILES string of the molecule is Nc1ccc2c(c1)C(=O)NC(c1ccccc1)N2CCN1CCC(c2ccccc2)CC1. The van der Waals surface area contributed by atoms with Crippen molar-refractivity contribution in [1.82, 2.24) is 10.2 Å². The van der Waals surface area contributed by atoms with Crippen LogP contribution in [0.1, 0.15) is 46.4 Å². The molecule has 0 spiro atoms. The summed E-state index contributed by atoms with van der Waals surface area (Å²) < 4.78 is 0. The molecule has 5 nitrogen and oxygen atoms in total. The number of fused-ring (bicyclic) bond motifs is 1. The van der Waals surface area contributed by atoms with Crippen molar-refractivity contribution in [2.24, 2.45) is 0 Å². The third-order valence-electron chi connectivity index (χ3n) is 6.79. The molecular formula is C27H30N4O. The highest BCUT2D eigenvalue weighted by molar-refractivity contribution is 6.02. The van der Waals surface area contributed by atoms with Gasteiger partial charge in [-0.2, -0.15) is 0 Å². The first kappa shape index (κ1) is 20.6. The van der Waals surface area contributed by atoms with Gasteiger partial charge < -0.3 is 20.9 Å². The minimum Gasteiger partial charge on any atom is -0.399 e. The second-order valence-corrected chi connectivity index (χ2v) is 8.78. The number of nitrogens with zero attached hydrogens (tertiary/aromatic N) is 2. The molecular weight excluding hydrogens is 396 g/mol. The van der Waals surface area contributed by atoms with Gasteiger partial charge in [-0.1, -0.05) is 60.7 Å². The molecule has 2 heterocycles. The smallest absolute Gasteiger partial charge is 0.255 e. The van der Waals surface area contributed by atoms with Crippen molar-refractivity contribution in [2.75, 3.05) is 36.8 Å². The van der Waals surface area contributed by atoms with Crippen LogP contribution in [0.3, 0.4) is 0 Å². The van der Waals surface area contributed by atoms with E-state index in [1.165, 1.54) is 18.4 Å². The number of nitrogens with one attached hydrogen (secondary N) is 1. The minimum atomic E-state index is -0.179. The van der Waals surface area contributed by atoms with Gasteiger partial charge in [0.25, 0.3) is 5.91 Å². The highest BCUT2D eigenvalue weighted by Crippen LogP contribution is 2.34. The summed E-state index contributed by atoms with van der Waals surface area (Å²) in [5.74, 6) is 0.587. The van der Waals surface area contributed by atoms with E-state index in [1.807, 2.05) is 30.3 Å². The molecule has 3 N–H and O–H groups in total. The lowest BCUT2D eigenvalue weighted by atomic mass is 9.89. The molecule has 164 valence electrons. The summed E-state index contributed by atoms with van der Waals surface area (Å²) in [6, 6.07) is 26.7. The van der Waals surface area contributed by atoms with E-state index in [0.29, 0.717) is 17.2 Å². The Morgan fingerprint density at radius 1 is 0.844 bits per heavy atom. The minimum absolute atomic E-state index is 0.0684. The summed E-state index contributed by atoms with van der Waals surface area (Å²) in [5, 5.41) is 3.20. The summed E-state index contributed by atoms with van der Waals surface area (Å²) in [6.45, 7) is 4.01. The Morgan fingerprint density at radius 3 is 2.19 bits per heavy atom. The standard InChI is InChI=1S/C27H30N4O/c28-23-11-12-25-24(19-23)27(32)29-26(22-9-5-2-6-10-22)31(25)18-17-30-15-13-21(14-16-30)20-7-3-1-4-8-20/h1-12,19,21,26H,13-18,28H2,(H,29,32). The van der Waals surface area contributed by atoms with E-state index in [-0.39, 0.29) is 12.1 Å². The van der Waals surface area contributed by atoms with Gasteiger partial charge in [0.1, 0.15) is 6.17 Å². The maximum Gasteiger partial charge on any atom is 0.255 e. The number of likely N-dealkylation sites (tertiary alicyclic amines) is 1. The van der Waals surface area contributed by atoms with E-state index in [4.69, 9.17) is 5.73 Å². The van der Waals surface area contributed by atoms with Crippen molar-refractivity contribution in [2.45, 2.75) is 24.9 Å². The molecule has 0 bridgehead atoms. The summed E-state index contributed by atoms with van der Waals surface area (Å²) in [6.07, 6.45) is 2.20. The van der Waals surface area contributed by atoms with Crippen LogP contribution in [0.15, 0.2) is 78.9 Å². The number of nitrogens with two attached hydrogens (primary N) is 1. The molecule has 2 aliphatic rings. The number of hydrogen-bond acceptors (Lipinski definition) is 4. The van der Waals surface area contributed by atoms with E-state index >= 15 is 0 Å². The molecule has 5 rings (SSSR count). The molecule has 1 saturated heterocycles. The van der Waals surface area contributed by atoms with Crippen LogP contribution in [-0.4, -0.2) is 37.0 Å². The Balaban J connectivity index is 1.31. The zero-order valence-corrected chi connectivity index (χ0v) is 18.3. The normalized spacial score (nSPS) is 19.4. The fourth-order valence-electron chi connectivity index (χ4n) is 5.02. The van der Waals surface area contributed by atoms with E-state index < -0.39 is 0 Å². The predicted octanol–water partition coefficient (Wildman–Crippen LogP) is 4.40. The van der Waals surface area contributed by atoms with Gasteiger partial charge in [-0.25, -0.2) is 0 Å². The van der Waals surface area contributed by atoms with Crippen molar-refractivity contribution >= 4 is 17.3 Å². The van der Waals surface area contributed by atoms with Crippen molar-refractivity contribution < 1.29 is 4.79 Å². The highest BCUT2D eigenvalue weighted by atomic mass is 16.2. The summed E-state index contributed by atoms with van der Waals surface area (Å²) in [5.41, 5.74) is 10.7. The van der Waals surface area contributed by atoms with Crippen molar-refractivity contribution in [3.05, 3.63) is 95.6 Å². The third kappa shape index (κ3) is 4.21. The molecule has 0 saturated carbocycles. The predicted molar refractivity (Wildman–Crippen MR) is 130 cm³/mol. The van der Waals surface area contributed by atoms with Gasteiger partial charge in [0.05, 0.1) is 11.3 Å². The number of carbonyl (C=O) groups is 1. The van der Waals surface area contributed by atoms with Gasteiger partial charge in [0.2, 0.25) is 0 Å². The molecule has 3 aromatic rings. The third-order valence-corrected chi connectivity index (χ3v) is 6.79. The molecule has 0 radical (unpaired) electrons. The van der Waals surface area contributed by atoms with Crippen LogP contribution in [-0.2, 0) is 0 Å². The zero-order chi connectivity index (χ0) is 21.9. The topological polar surface area (TPSA) is 61.6 Å². The second kappa shape index (κ2) is 9.05. The maximum atomic E-state index is 12.8. The molecule has 3 aromatic carbocycles. The van der Waals surface area contributed by atoms with Crippen molar-refractivity contribution in [3.63, 3.8) is 0 Å². The second-order valence-electron chi connectivity index (χ2n) is 8.78. The van der Waals surface area contributed by atoms with Crippen LogP contribution in [0, 0.1) is 0 Å². The van der Waals surface area contributed by atoms with E-state index in [1.54, 1.807) is 6.07 Å². The largest absolute Gasteiger partial charge is 0.399 e. The number of piperidine rings is 1. The van der Waals surface area contributed by atoms with Crippen LogP contribution >= 0.6 is 0 Å². The monoisotopic (exact) mass is 426 g/mol. The molecule has 0 aromatic heterocycles. The number of carbonyl (C=O) groups excluding carboxylic acids is 1. The molecule has 1 fully saturated rings. The average Bonchev–Trinajstić information content (AvgIpc) is 2.85. The van der Waals surface area contributed by atoms with Crippen molar-refractivity contribution in [1.29, 1.82) is 0 Å². The van der Waals surface area contributed by atoms with E-state index in [2.05, 4.69) is 57.6 Å². The number of nitrogen functional groups attached to an aromatic ring is 1. The first-order valence-electron chi connectivity index (χ1n) is 11.5. The molecule has 0 aliphatic carbocycles. The maximum absolute atomic E-state index is 12.8. The average molecular weight is 427 g/mol. The lowest BCUT2D eigenvalue weighted by molar-refractivity contribution is 0.0925. The lowest BCUT2D eigenvalue weighted by Gasteiger charge is -2.41. The molecule has 1 amide bonds.